The van der Waals surface area contributed by atoms with Crippen LogP contribution in [0.25, 0.3) is 0 Å². The minimum atomic E-state index is -0.0129. The summed E-state index contributed by atoms with van der Waals surface area (Å²) in [5, 5.41) is 11.0. The summed E-state index contributed by atoms with van der Waals surface area (Å²) in [6.07, 6.45) is 0.873. The molecule has 0 radical (unpaired) electrons. The number of rotatable bonds is 1. The molecule has 19 heavy (non-hydrogen) atoms. The highest BCUT2D eigenvalue weighted by molar-refractivity contribution is 5.99. The number of nitrogens with zero attached hydrogens (tertiary/aromatic N) is 1. The Morgan fingerprint density at radius 1 is 1.26 bits per heavy atom. The van der Waals surface area contributed by atoms with Gasteiger partial charge in [-0.3, -0.25) is 4.79 Å². The average molecular weight is 263 g/mol. The van der Waals surface area contributed by atoms with Gasteiger partial charge in [0, 0.05) is 24.8 Å². The quantitative estimate of drug-likeness (QED) is 0.446. The number of hydrogen-bond acceptors (Lipinski definition) is 5. The number of para-hydroxylation sites is 1. The van der Waals surface area contributed by atoms with Crippen LogP contribution < -0.4 is 11.5 Å². The molecule has 6 N–H and O–H groups in total. The number of nitrogens with one attached hydrogen (secondary N) is 2. The first-order valence-electron chi connectivity index (χ1n) is 5.78. The first kappa shape index (κ1) is 16.8. The van der Waals surface area contributed by atoms with Crippen LogP contribution in [0.1, 0.15) is 16.8 Å². The molecule has 0 aliphatic carbocycles. The lowest BCUT2D eigenvalue weighted by atomic mass is 10.1. The molecule has 0 saturated carbocycles. The zero-order valence-electron chi connectivity index (χ0n) is 10.9. The van der Waals surface area contributed by atoms with Crippen LogP contribution in [-0.4, -0.2) is 43.4 Å². The van der Waals surface area contributed by atoms with Gasteiger partial charge in [-0.25, -0.2) is 0 Å². The van der Waals surface area contributed by atoms with Gasteiger partial charge in [-0.1, -0.05) is 12.1 Å². The molecule has 1 saturated heterocycles. The van der Waals surface area contributed by atoms with E-state index in [4.69, 9.17) is 22.3 Å². The third-order valence-corrected chi connectivity index (χ3v) is 2.70. The van der Waals surface area contributed by atoms with E-state index in [1.165, 1.54) is 0 Å². The molecular formula is C13H21N5O. The molecular weight excluding hydrogens is 242 g/mol. The first-order valence-corrected chi connectivity index (χ1v) is 5.78. The molecule has 1 fully saturated rings. The van der Waals surface area contributed by atoms with Crippen molar-refractivity contribution in [3.63, 3.8) is 0 Å². The smallest absolute Gasteiger partial charge is 0.255 e. The van der Waals surface area contributed by atoms with Gasteiger partial charge in [0.25, 0.3) is 5.91 Å². The first-order chi connectivity index (χ1) is 9.18. The second-order valence-electron chi connectivity index (χ2n) is 3.89. The van der Waals surface area contributed by atoms with Crippen LogP contribution in [0.3, 0.4) is 0 Å². The highest BCUT2D eigenvalue weighted by Crippen LogP contribution is 2.16. The van der Waals surface area contributed by atoms with E-state index in [2.05, 4.69) is 13.4 Å². The van der Waals surface area contributed by atoms with Crippen molar-refractivity contribution in [3.8, 4) is 0 Å². The van der Waals surface area contributed by atoms with E-state index in [1.807, 2.05) is 12.1 Å². The van der Waals surface area contributed by atoms with Crippen LogP contribution in [0.5, 0.6) is 0 Å². The van der Waals surface area contributed by atoms with E-state index in [9.17, 15) is 4.79 Å². The number of anilines is 1. The molecule has 1 aliphatic heterocycles. The maximum absolute atomic E-state index is 12.0. The number of carbonyl (C=O) groups excluding carboxylic acids is 1. The zero-order chi connectivity index (χ0) is 14.8. The van der Waals surface area contributed by atoms with Gasteiger partial charge in [0.1, 0.15) is 0 Å². The van der Waals surface area contributed by atoms with Crippen molar-refractivity contribution >= 4 is 25.0 Å². The van der Waals surface area contributed by atoms with E-state index in [-0.39, 0.29) is 11.9 Å². The lowest BCUT2D eigenvalue weighted by Crippen LogP contribution is -2.32. The molecule has 1 amide bonds. The topological polar surface area (TPSA) is 120 Å². The van der Waals surface area contributed by atoms with Crippen LogP contribution >= 0.6 is 0 Å². The third-order valence-electron chi connectivity index (χ3n) is 2.70. The largest absolute Gasteiger partial charge is 0.398 e. The molecule has 6 heteroatoms. The van der Waals surface area contributed by atoms with Crippen molar-refractivity contribution in [1.82, 2.24) is 4.90 Å². The highest BCUT2D eigenvalue weighted by atomic mass is 16.2. The fourth-order valence-electron chi connectivity index (χ4n) is 1.83. The van der Waals surface area contributed by atoms with Crippen molar-refractivity contribution in [2.45, 2.75) is 12.5 Å². The van der Waals surface area contributed by atoms with Crippen LogP contribution in [-0.2, 0) is 0 Å². The summed E-state index contributed by atoms with van der Waals surface area (Å²) >= 11 is 0. The van der Waals surface area contributed by atoms with Gasteiger partial charge in [-0.2, -0.15) is 0 Å². The fraction of sp³-hybridized carbons (Fsp3) is 0.308. The summed E-state index contributed by atoms with van der Waals surface area (Å²) in [5.41, 5.74) is 12.6. The monoisotopic (exact) mass is 263 g/mol. The van der Waals surface area contributed by atoms with E-state index < -0.39 is 0 Å². The molecule has 1 aliphatic rings. The molecule has 1 aromatic rings. The molecule has 1 aromatic carbocycles. The molecule has 1 heterocycles. The second kappa shape index (κ2) is 8.82. The Hall–Kier alpha value is -2.21. The predicted molar refractivity (Wildman–Crippen MR) is 79.0 cm³/mol. The van der Waals surface area contributed by atoms with E-state index in [0.29, 0.717) is 17.8 Å². The highest BCUT2D eigenvalue weighted by Gasteiger charge is 2.25. The Morgan fingerprint density at radius 3 is 2.32 bits per heavy atom. The van der Waals surface area contributed by atoms with E-state index in [1.54, 1.807) is 17.0 Å². The molecule has 0 bridgehead atoms. The lowest BCUT2D eigenvalue weighted by molar-refractivity contribution is 0.0792. The number of nitrogens with two attached hydrogens (primary N) is 2. The van der Waals surface area contributed by atoms with Crippen LogP contribution in [0.2, 0.25) is 0 Å². The van der Waals surface area contributed by atoms with Crippen molar-refractivity contribution in [3.05, 3.63) is 29.8 Å². The van der Waals surface area contributed by atoms with Crippen LogP contribution in [0.4, 0.5) is 5.69 Å². The Bertz CT molecular complexity index is 408. The number of carbonyl (C=O) groups is 1. The van der Waals surface area contributed by atoms with Crippen LogP contribution in [0.15, 0.2) is 24.3 Å². The van der Waals surface area contributed by atoms with E-state index >= 15 is 0 Å². The van der Waals surface area contributed by atoms with Crippen molar-refractivity contribution in [2.24, 2.45) is 5.73 Å². The number of benzene rings is 1. The summed E-state index contributed by atoms with van der Waals surface area (Å²) in [4.78, 5) is 13.8. The molecule has 104 valence electrons. The number of amides is 1. The summed E-state index contributed by atoms with van der Waals surface area (Å²) in [5.74, 6) is -0.0129. The Morgan fingerprint density at radius 2 is 1.84 bits per heavy atom. The molecule has 0 aromatic heterocycles. The van der Waals surface area contributed by atoms with Gasteiger partial charge < -0.3 is 27.2 Å². The Labute approximate surface area is 113 Å². The number of hydrogen-bond donors (Lipinski definition) is 4. The number of nitrogen functional groups attached to an aromatic ring is 1. The fourth-order valence-corrected chi connectivity index (χ4v) is 1.83. The summed E-state index contributed by atoms with van der Waals surface area (Å²) in [7, 11) is 0. The lowest BCUT2D eigenvalue weighted by Gasteiger charge is -2.16. The summed E-state index contributed by atoms with van der Waals surface area (Å²) < 4.78 is 0. The van der Waals surface area contributed by atoms with Crippen molar-refractivity contribution in [2.75, 3.05) is 18.8 Å². The molecule has 0 spiro atoms. The standard InChI is InChI=1S/C11H15N3O.2CH3N/c12-8-5-6-14(7-8)11(15)9-3-1-2-4-10(9)13;2*1-2/h1-4,8H,5-7,12-13H2;2*2H,1H2. The molecule has 1 unspecified atom stereocenters. The molecule has 1 atom stereocenters. The van der Waals surface area contributed by atoms with Crippen molar-refractivity contribution in [1.29, 1.82) is 10.8 Å². The van der Waals surface area contributed by atoms with Crippen LogP contribution in [0, 0.1) is 10.8 Å². The van der Waals surface area contributed by atoms with Gasteiger partial charge in [0.15, 0.2) is 0 Å². The number of likely N-dealkylation sites (tertiary alicyclic amines) is 1. The van der Waals surface area contributed by atoms with Gasteiger partial charge >= 0.3 is 0 Å². The predicted octanol–water partition coefficient (Wildman–Crippen LogP) is 0.974. The van der Waals surface area contributed by atoms with E-state index in [0.717, 1.165) is 13.0 Å². The van der Waals surface area contributed by atoms with Gasteiger partial charge in [0.05, 0.1) is 5.56 Å². The third kappa shape index (κ3) is 4.51. The summed E-state index contributed by atoms with van der Waals surface area (Å²) in [6.45, 7) is 6.36. The Kier molecular flexibility index (Phi) is 7.79. The van der Waals surface area contributed by atoms with Gasteiger partial charge in [0.2, 0.25) is 0 Å². The minimum Gasteiger partial charge on any atom is -0.398 e. The normalized spacial score (nSPS) is 16.7. The summed E-state index contributed by atoms with van der Waals surface area (Å²) in [6, 6.07) is 7.24. The Balaban J connectivity index is 0.000000741. The molecule has 2 rings (SSSR count). The SMILES string of the molecule is C=N.C=N.Nc1ccccc1C(=O)N1CCC(N)C1. The molecule has 6 nitrogen and oxygen atoms in total. The van der Waals surface area contributed by atoms with Crippen molar-refractivity contribution < 1.29 is 4.79 Å². The van der Waals surface area contributed by atoms with Gasteiger partial charge in [-0.15, -0.1) is 0 Å². The zero-order valence-corrected chi connectivity index (χ0v) is 10.9. The second-order valence-corrected chi connectivity index (χ2v) is 3.89. The minimum absolute atomic E-state index is 0.0129. The maximum atomic E-state index is 12.0. The average Bonchev–Trinajstić information content (AvgIpc) is 2.90. The maximum Gasteiger partial charge on any atom is 0.255 e. The van der Waals surface area contributed by atoms with Gasteiger partial charge in [-0.05, 0) is 32.0 Å².